The zero-order chi connectivity index (χ0) is 34.0. The van der Waals surface area contributed by atoms with Crippen LogP contribution >= 0.6 is 0 Å². The van der Waals surface area contributed by atoms with Crippen LogP contribution in [0.15, 0.2) is 212 Å². The minimum atomic E-state index is 1.11. The van der Waals surface area contributed by atoms with Gasteiger partial charge in [0.15, 0.2) is 0 Å². The molecule has 0 spiro atoms. The van der Waals surface area contributed by atoms with Crippen LogP contribution in [0.4, 0.5) is 17.1 Å². The Morgan fingerprint density at radius 3 is 1.08 bits per heavy atom. The van der Waals surface area contributed by atoms with Gasteiger partial charge in [-0.2, -0.15) is 0 Å². The zero-order valence-electron chi connectivity index (χ0n) is 28.2. The van der Waals surface area contributed by atoms with Crippen molar-refractivity contribution in [2.75, 3.05) is 4.90 Å². The smallest absolute Gasteiger partial charge is 0.0468 e. The first kappa shape index (κ1) is 30.4. The van der Waals surface area contributed by atoms with Gasteiger partial charge in [-0.25, -0.2) is 0 Å². The molecule has 1 heteroatoms. The number of anilines is 3. The highest BCUT2D eigenvalue weighted by Gasteiger charge is 2.20. The Kier molecular flexibility index (Phi) is 7.92. The lowest BCUT2D eigenvalue weighted by molar-refractivity contribution is 1.29. The molecule has 0 aliphatic carbocycles. The lowest BCUT2D eigenvalue weighted by Gasteiger charge is -2.27. The standard InChI is InChI=1S/C50H35N/c1-5-17-36(18-6-1)40-25-15-27-42(33-40)51(43-28-16-26-41(34-43)37-19-7-2-8-20-37)44-31-32-47-48(35-44)45-29-13-14-30-46(45)49(38-21-9-3-10-22-38)50(47)39-23-11-4-12-24-39/h1-35H. The van der Waals surface area contributed by atoms with Gasteiger partial charge in [0.2, 0.25) is 0 Å². The predicted molar refractivity (Wildman–Crippen MR) is 218 cm³/mol. The van der Waals surface area contributed by atoms with Crippen LogP contribution in [0.1, 0.15) is 0 Å². The summed E-state index contributed by atoms with van der Waals surface area (Å²) >= 11 is 0. The van der Waals surface area contributed by atoms with Gasteiger partial charge in [-0.15, -0.1) is 0 Å². The highest BCUT2D eigenvalue weighted by Crippen LogP contribution is 2.47. The third-order valence-corrected chi connectivity index (χ3v) is 9.82. The van der Waals surface area contributed by atoms with Crippen LogP contribution in [0.3, 0.4) is 0 Å². The molecule has 9 aromatic carbocycles. The van der Waals surface area contributed by atoms with Gasteiger partial charge >= 0.3 is 0 Å². The van der Waals surface area contributed by atoms with E-state index in [2.05, 4.69) is 217 Å². The van der Waals surface area contributed by atoms with Crippen LogP contribution in [0.2, 0.25) is 0 Å². The maximum atomic E-state index is 2.40. The molecule has 0 aromatic heterocycles. The molecule has 9 aromatic rings. The van der Waals surface area contributed by atoms with Crippen molar-refractivity contribution >= 4 is 38.6 Å². The molecule has 9 rings (SSSR count). The van der Waals surface area contributed by atoms with Crippen molar-refractivity contribution in [3.8, 4) is 44.5 Å². The Hall–Kier alpha value is -6.70. The normalized spacial score (nSPS) is 11.1. The predicted octanol–water partition coefficient (Wildman–Crippen LogP) is 14.1. The second-order valence-corrected chi connectivity index (χ2v) is 12.9. The van der Waals surface area contributed by atoms with Crippen molar-refractivity contribution in [2.24, 2.45) is 0 Å². The van der Waals surface area contributed by atoms with Crippen LogP contribution in [0.25, 0.3) is 66.1 Å². The SMILES string of the molecule is c1ccc(-c2cccc(N(c3cccc(-c4ccccc4)c3)c3ccc4c(-c5ccccc5)c(-c5ccccc5)c5ccccc5c4c3)c2)cc1. The van der Waals surface area contributed by atoms with E-state index in [1.54, 1.807) is 0 Å². The van der Waals surface area contributed by atoms with E-state index in [4.69, 9.17) is 0 Å². The monoisotopic (exact) mass is 649 g/mol. The highest BCUT2D eigenvalue weighted by atomic mass is 15.1. The van der Waals surface area contributed by atoms with Crippen molar-refractivity contribution in [1.82, 2.24) is 0 Å². The van der Waals surface area contributed by atoms with Crippen molar-refractivity contribution in [3.63, 3.8) is 0 Å². The Bertz CT molecular complexity index is 2530. The highest BCUT2D eigenvalue weighted by molar-refractivity contribution is 6.22. The molecule has 0 unspecified atom stereocenters. The number of hydrogen-bond donors (Lipinski definition) is 0. The average molecular weight is 650 g/mol. The second-order valence-electron chi connectivity index (χ2n) is 12.9. The number of hydrogen-bond acceptors (Lipinski definition) is 1. The molecule has 0 saturated heterocycles. The molecule has 0 bridgehead atoms. The molecule has 0 N–H and O–H groups in total. The average Bonchev–Trinajstić information content (AvgIpc) is 3.22. The molecule has 0 amide bonds. The Labute approximate surface area is 299 Å². The molecule has 0 aliphatic heterocycles. The van der Waals surface area contributed by atoms with E-state index in [-0.39, 0.29) is 0 Å². The van der Waals surface area contributed by atoms with Crippen LogP contribution in [-0.4, -0.2) is 0 Å². The minimum absolute atomic E-state index is 1.11. The summed E-state index contributed by atoms with van der Waals surface area (Å²) < 4.78 is 0. The van der Waals surface area contributed by atoms with E-state index in [0.29, 0.717) is 0 Å². The van der Waals surface area contributed by atoms with Gasteiger partial charge in [-0.3, -0.25) is 0 Å². The van der Waals surface area contributed by atoms with Crippen LogP contribution in [-0.2, 0) is 0 Å². The van der Waals surface area contributed by atoms with Gasteiger partial charge in [-0.05, 0) is 102 Å². The molecule has 51 heavy (non-hydrogen) atoms. The lowest BCUT2D eigenvalue weighted by atomic mass is 9.85. The van der Waals surface area contributed by atoms with E-state index in [0.717, 1.165) is 17.1 Å². The third kappa shape index (κ3) is 5.75. The molecular formula is C50H35N. The van der Waals surface area contributed by atoms with Crippen molar-refractivity contribution in [1.29, 1.82) is 0 Å². The lowest BCUT2D eigenvalue weighted by Crippen LogP contribution is -2.10. The van der Waals surface area contributed by atoms with Crippen molar-refractivity contribution in [2.45, 2.75) is 0 Å². The molecule has 240 valence electrons. The molecule has 0 heterocycles. The van der Waals surface area contributed by atoms with Crippen LogP contribution < -0.4 is 4.90 Å². The topological polar surface area (TPSA) is 3.24 Å². The number of fused-ring (bicyclic) bond motifs is 3. The second kappa shape index (κ2) is 13.3. The van der Waals surface area contributed by atoms with E-state index < -0.39 is 0 Å². The van der Waals surface area contributed by atoms with Gasteiger partial charge in [-0.1, -0.05) is 176 Å². The first-order chi connectivity index (χ1) is 25.3. The first-order valence-corrected chi connectivity index (χ1v) is 17.5. The zero-order valence-corrected chi connectivity index (χ0v) is 28.2. The van der Waals surface area contributed by atoms with E-state index in [1.807, 2.05) is 0 Å². The fourth-order valence-electron chi connectivity index (χ4n) is 7.48. The molecule has 1 nitrogen and oxygen atoms in total. The van der Waals surface area contributed by atoms with Gasteiger partial charge in [0.25, 0.3) is 0 Å². The largest absolute Gasteiger partial charge is 0.310 e. The Balaban J connectivity index is 1.32. The molecule has 0 aliphatic rings. The first-order valence-electron chi connectivity index (χ1n) is 17.5. The van der Waals surface area contributed by atoms with Gasteiger partial charge in [0.05, 0.1) is 0 Å². The molecular weight excluding hydrogens is 615 g/mol. The summed E-state index contributed by atoms with van der Waals surface area (Å²) in [6, 6.07) is 76.6. The molecule has 0 radical (unpaired) electrons. The Morgan fingerprint density at radius 2 is 0.588 bits per heavy atom. The van der Waals surface area contributed by atoms with Gasteiger partial charge in [0.1, 0.15) is 0 Å². The fraction of sp³-hybridized carbons (Fsp3) is 0. The summed E-state index contributed by atoms with van der Waals surface area (Å²) in [4.78, 5) is 2.40. The number of rotatable bonds is 7. The van der Waals surface area contributed by atoms with E-state index in [1.165, 1.54) is 66.1 Å². The molecule has 0 atom stereocenters. The van der Waals surface area contributed by atoms with Crippen LogP contribution in [0, 0.1) is 0 Å². The minimum Gasteiger partial charge on any atom is -0.310 e. The fourth-order valence-corrected chi connectivity index (χ4v) is 7.48. The van der Waals surface area contributed by atoms with E-state index in [9.17, 15) is 0 Å². The summed E-state index contributed by atoms with van der Waals surface area (Å²) in [6.07, 6.45) is 0. The summed E-state index contributed by atoms with van der Waals surface area (Å²) in [5.41, 5.74) is 13.0. The van der Waals surface area contributed by atoms with Crippen LogP contribution in [0.5, 0.6) is 0 Å². The summed E-state index contributed by atoms with van der Waals surface area (Å²) in [5.74, 6) is 0. The molecule has 0 saturated carbocycles. The number of benzene rings is 9. The maximum Gasteiger partial charge on any atom is 0.0468 e. The summed E-state index contributed by atoms with van der Waals surface area (Å²) in [7, 11) is 0. The number of nitrogens with zero attached hydrogens (tertiary/aromatic N) is 1. The quantitative estimate of drug-likeness (QED) is 0.155. The summed E-state index contributed by atoms with van der Waals surface area (Å²) in [6.45, 7) is 0. The Morgan fingerprint density at radius 1 is 0.216 bits per heavy atom. The summed E-state index contributed by atoms with van der Waals surface area (Å²) in [5, 5.41) is 4.95. The van der Waals surface area contributed by atoms with Gasteiger partial charge in [0, 0.05) is 17.1 Å². The van der Waals surface area contributed by atoms with Crippen molar-refractivity contribution in [3.05, 3.63) is 212 Å². The molecule has 0 fully saturated rings. The van der Waals surface area contributed by atoms with Crippen molar-refractivity contribution < 1.29 is 0 Å². The van der Waals surface area contributed by atoms with E-state index >= 15 is 0 Å². The maximum absolute atomic E-state index is 2.40. The van der Waals surface area contributed by atoms with Gasteiger partial charge < -0.3 is 4.90 Å². The third-order valence-electron chi connectivity index (χ3n) is 9.82.